The Kier molecular flexibility index (Phi) is 3.93. The number of carbonyl (C=O) groups excluding carboxylic acids is 1. The lowest BCUT2D eigenvalue weighted by Crippen LogP contribution is -2.30. The minimum Gasteiger partial charge on any atom is -0.327 e. The highest BCUT2D eigenvalue weighted by Crippen LogP contribution is 2.30. The minimum atomic E-state index is -4.44. The van der Waals surface area contributed by atoms with Crippen LogP contribution in [-0.4, -0.2) is 11.8 Å². The second-order valence-electron chi connectivity index (χ2n) is 4.09. The average molecular weight is 245 g/mol. The molecule has 5 heteroatoms. The molecule has 0 radical (unpaired) electrons. The van der Waals surface area contributed by atoms with Crippen molar-refractivity contribution in [1.29, 1.82) is 0 Å². The fraction of sp³-hybridized carbons (Fsp3) is 0.417. The predicted octanol–water partition coefficient (Wildman–Crippen LogP) is 2.87. The van der Waals surface area contributed by atoms with E-state index in [0.29, 0.717) is 0 Å². The molecule has 0 aliphatic heterocycles. The van der Waals surface area contributed by atoms with E-state index in [-0.39, 0.29) is 11.3 Å². The first-order valence-corrected chi connectivity index (χ1v) is 5.20. The van der Waals surface area contributed by atoms with E-state index in [9.17, 15) is 18.0 Å². The molecule has 0 aliphatic rings. The van der Waals surface area contributed by atoms with Gasteiger partial charge in [0.05, 0.1) is 5.56 Å². The van der Waals surface area contributed by atoms with Gasteiger partial charge in [-0.2, -0.15) is 13.2 Å². The molecule has 2 atom stereocenters. The zero-order chi connectivity index (χ0) is 13.2. The van der Waals surface area contributed by atoms with E-state index in [1.807, 2.05) is 0 Å². The summed E-state index contributed by atoms with van der Waals surface area (Å²) < 4.78 is 37.4. The van der Waals surface area contributed by atoms with Crippen LogP contribution in [0.1, 0.15) is 29.8 Å². The molecule has 1 aromatic rings. The largest absolute Gasteiger partial charge is 0.416 e. The highest BCUT2D eigenvalue weighted by Gasteiger charge is 2.31. The predicted molar refractivity (Wildman–Crippen MR) is 58.6 cm³/mol. The molecule has 0 amide bonds. The van der Waals surface area contributed by atoms with Crippen molar-refractivity contribution in [1.82, 2.24) is 0 Å². The lowest BCUT2D eigenvalue weighted by atomic mass is 9.93. The number of benzene rings is 1. The van der Waals surface area contributed by atoms with Gasteiger partial charge in [0.2, 0.25) is 0 Å². The van der Waals surface area contributed by atoms with E-state index >= 15 is 0 Å². The van der Waals surface area contributed by atoms with Crippen LogP contribution in [0.2, 0.25) is 0 Å². The molecular formula is C12H14F3NO. The molecule has 0 saturated carbocycles. The van der Waals surface area contributed by atoms with Crippen molar-refractivity contribution in [2.45, 2.75) is 26.1 Å². The molecule has 0 bridgehead atoms. The Morgan fingerprint density at radius 3 is 2.35 bits per heavy atom. The summed E-state index contributed by atoms with van der Waals surface area (Å²) in [6.45, 7) is 3.25. The van der Waals surface area contributed by atoms with Crippen molar-refractivity contribution in [2.75, 3.05) is 0 Å². The van der Waals surface area contributed by atoms with Crippen LogP contribution in [0.5, 0.6) is 0 Å². The monoisotopic (exact) mass is 245 g/mol. The van der Waals surface area contributed by atoms with Crippen LogP contribution in [0.25, 0.3) is 0 Å². The van der Waals surface area contributed by atoms with Crippen molar-refractivity contribution >= 4 is 5.78 Å². The topological polar surface area (TPSA) is 43.1 Å². The number of hydrogen-bond acceptors (Lipinski definition) is 2. The Morgan fingerprint density at radius 1 is 1.29 bits per heavy atom. The van der Waals surface area contributed by atoms with Crippen molar-refractivity contribution < 1.29 is 18.0 Å². The van der Waals surface area contributed by atoms with Crippen molar-refractivity contribution in [3.05, 3.63) is 35.4 Å². The van der Waals surface area contributed by atoms with Gasteiger partial charge in [0.1, 0.15) is 0 Å². The van der Waals surface area contributed by atoms with Gasteiger partial charge in [-0.15, -0.1) is 0 Å². The Hall–Kier alpha value is -1.36. The van der Waals surface area contributed by atoms with Crippen LogP contribution in [-0.2, 0) is 6.18 Å². The van der Waals surface area contributed by atoms with E-state index < -0.39 is 23.7 Å². The maximum Gasteiger partial charge on any atom is 0.416 e. The zero-order valence-electron chi connectivity index (χ0n) is 9.58. The summed E-state index contributed by atoms with van der Waals surface area (Å²) in [5.41, 5.74) is 4.78. The summed E-state index contributed by atoms with van der Waals surface area (Å²) >= 11 is 0. The quantitative estimate of drug-likeness (QED) is 0.832. The molecular weight excluding hydrogens is 231 g/mol. The molecule has 0 aromatic heterocycles. The highest BCUT2D eigenvalue weighted by atomic mass is 19.4. The molecule has 2 nitrogen and oxygen atoms in total. The molecule has 0 fully saturated rings. The smallest absolute Gasteiger partial charge is 0.327 e. The van der Waals surface area contributed by atoms with Gasteiger partial charge in [-0.25, -0.2) is 0 Å². The molecule has 1 aromatic carbocycles. The molecule has 2 N–H and O–H groups in total. The molecule has 0 heterocycles. The summed E-state index contributed by atoms with van der Waals surface area (Å²) in [5.74, 6) is -0.871. The fourth-order valence-corrected chi connectivity index (χ4v) is 1.35. The summed E-state index contributed by atoms with van der Waals surface area (Å²) in [7, 11) is 0. The second-order valence-corrected chi connectivity index (χ2v) is 4.09. The number of alkyl halides is 3. The lowest BCUT2D eigenvalue weighted by molar-refractivity contribution is -0.137. The Morgan fingerprint density at radius 2 is 1.88 bits per heavy atom. The number of Topliss-reactive ketones (excluding diaryl/α,β-unsaturated/α-hetero) is 1. The van der Waals surface area contributed by atoms with Gasteiger partial charge >= 0.3 is 6.18 Å². The number of hydrogen-bond donors (Lipinski definition) is 1. The van der Waals surface area contributed by atoms with E-state index in [2.05, 4.69) is 0 Å². The summed E-state index contributed by atoms with van der Waals surface area (Å²) in [6, 6.07) is 4.01. The first kappa shape index (κ1) is 13.7. The van der Waals surface area contributed by atoms with Crippen molar-refractivity contribution in [3.8, 4) is 0 Å². The maximum atomic E-state index is 12.5. The van der Waals surface area contributed by atoms with E-state index in [4.69, 9.17) is 5.73 Å². The van der Waals surface area contributed by atoms with Gasteiger partial charge in [0.25, 0.3) is 0 Å². The Balaban J connectivity index is 3.04. The zero-order valence-corrected chi connectivity index (χ0v) is 9.58. The SMILES string of the molecule is CC(N)C(C)C(=O)c1cccc(C(F)(F)F)c1. The molecule has 94 valence electrons. The molecule has 1 rings (SSSR count). The van der Waals surface area contributed by atoms with E-state index in [1.54, 1.807) is 13.8 Å². The number of rotatable bonds is 3. The van der Waals surface area contributed by atoms with Crippen LogP contribution in [0.3, 0.4) is 0 Å². The number of carbonyl (C=O) groups is 1. The third-order valence-corrected chi connectivity index (χ3v) is 2.68. The standard InChI is InChI=1S/C12H14F3NO/c1-7(8(2)16)11(17)9-4-3-5-10(6-9)12(13,14)15/h3-8H,16H2,1-2H3. The summed E-state index contributed by atoms with van der Waals surface area (Å²) in [5, 5.41) is 0. The number of nitrogens with two attached hydrogens (primary N) is 1. The van der Waals surface area contributed by atoms with Crippen LogP contribution in [0.15, 0.2) is 24.3 Å². The average Bonchev–Trinajstić information content (AvgIpc) is 2.26. The maximum absolute atomic E-state index is 12.5. The van der Waals surface area contributed by atoms with E-state index in [0.717, 1.165) is 12.1 Å². The third kappa shape index (κ3) is 3.30. The number of ketones is 1. The van der Waals surface area contributed by atoms with Crippen molar-refractivity contribution in [2.24, 2.45) is 11.7 Å². The van der Waals surface area contributed by atoms with Crippen LogP contribution >= 0.6 is 0 Å². The first-order valence-electron chi connectivity index (χ1n) is 5.20. The number of halogens is 3. The minimum absolute atomic E-state index is 0.0459. The Bertz CT molecular complexity index is 412. The molecule has 0 spiro atoms. The van der Waals surface area contributed by atoms with Crippen LogP contribution in [0, 0.1) is 5.92 Å². The second kappa shape index (κ2) is 4.87. The van der Waals surface area contributed by atoms with Gasteiger partial charge in [-0.3, -0.25) is 4.79 Å². The molecule has 17 heavy (non-hydrogen) atoms. The molecule has 0 saturated heterocycles. The van der Waals surface area contributed by atoms with Gasteiger partial charge in [-0.05, 0) is 19.1 Å². The normalized spacial score (nSPS) is 15.4. The summed E-state index contributed by atoms with van der Waals surface area (Å²) in [6.07, 6.45) is -4.44. The Labute approximate surface area is 97.6 Å². The molecule has 0 aliphatic carbocycles. The fourth-order valence-electron chi connectivity index (χ4n) is 1.35. The van der Waals surface area contributed by atoms with Gasteiger partial charge in [0.15, 0.2) is 5.78 Å². The van der Waals surface area contributed by atoms with Crippen LogP contribution < -0.4 is 5.73 Å². The van der Waals surface area contributed by atoms with Crippen molar-refractivity contribution in [3.63, 3.8) is 0 Å². The van der Waals surface area contributed by atoms with Gasteiger partial charge in [0, 0.05) is 17.5 Å². The third-order valence-electron chi connectivity index (χ3n) is 2.68. The van der Waals surface area contributed by atoms with Crippen LogP contribution in [0.4, 0.5) is 13.2 Å². The van der Waals surface area contributed by atoms with E-state index in [1.165, 1.54) is 12.1 Å². The molecule has 2 unspecified atom stereocenters. The van der Waals surface area contributed by atoms with Gasteiger partial charge in [-0.1, -0.05) is 19.1 Å². The van der Waals surface area contributed by atoms with Gasteiger partial charge < -0.3 is 5.73 Å². The summed E-state index contributed by atoms with van der Waals surface area (Å²) in [4.78, 5) is 11.8. The highest BCUT2D eigenvalue weighted by molar-refractivity contribution is 5.98. The first-order chi connectivity index (χ1) is 7.73. The lowest BCUT2D eigenvalue weighted by Gasteiger charge is -2.15.